The number of nitrogens with one attached hydrogen (secondary N) is 1. The number of methoxy groups -OCH3 is 1. The number of likely N-dealkylation sites (tertiary alicyclic amines) is 1. The largest absolute Gasteiger partial charge is 0.433 e. The fourth-order valence-corrected chi connectivity index (χ4v) is 7.69. The highest BCUT2D eigenvalue weighted by atomic mass is 19.4. The number of nitrogens with zero attached hydrogens (tertiary/aromatic N) is 3. The number of alkyl halides is 3. The highest BCUT2D eigenvalue weighted by Crippen LogP contribution is 2.57. The highest BCUT2D eigenvalue weighted by Gasteiger charge is 2.64. The van der Waals surface area contributed by atoms with Gasteiger partial charge in [0.1, 0.15) is 5.69 Å². The number of anilines is 1. The fourth-order valence-electron chi connectivity index (χ4n) is 7.69. The summed E-state index contributed by atoms with van der Waals surface area (Å²) < 4.78 is 50.8. The Morgan fingerprint density at radius 2 is 2.05 bits per heavy atom. The molecule has 1 aromatic heterocycles. The summed E-state index contributed by atoms with van der Waals surface area (Å²) in [6.45, 7) is 2.18. The predicted molar refractivity (Wildman–Crippen MR) is 133 cm³/mol. The third-order valence-corrected chi connectivity index (χ3v) is 9.92. The number of aromatic nitrogens is 1. The van der Waals surface area contributed by atoms with Crippen molar-refractivity contribution in [3.8, 4) is 0 Å². The summed E-state index contributed by atoms with van der Waals surface area (Å²) in [5.41, 5.74) is -2.23. The Balaban J connectivity index is 1.17. The smallest absolute Gasteiger partial charge is 0.389 e. The number of carbonyl (C=O) groups is 1. The van der Waals surface area contributed by atoms with Crippen LogP contribution in [0.4, 0.5) is 18.9 Å². The highest BCUT2D eigenvalue weighted by molar-refractivity contribution is 5.86. The van der Waals surface area contributed by atoms with E-state index in [0.29, 0.717) is 57.7 Å². The van der Waals surface area contributed by atoms with Crippen LogP contribution in [-0.2, 0) is 20.4 Å². The number of pyridine rings is 1. The lowest BCUT2D eigenvalue weighted by molar-refractivity contribution is -0.178. The van der Waals surface area contributed by atoms with Crippen LogP contribution in [-0.4, -0.2) is 90.2 Å². The molecule has 6 atom stereocenters. The lowest BCUT2D eigenvalue weighted by Crippen LogP contribution is -2.63. The normalized spacial score (nSPS) is 36.5. The Labute approximate surface area is 220 Å². The SMILES string of the molecule is CO[C@@H]1COCC[C@@H]1N[C@@H]1CC[C@@](C(=O)N2C[C@@H]3C[C@H]2CN3c2ccnc(C(F)(F)F)c2)(C2(O)CCC2)C1. The van der Waals surface area contributed by atoms with Crippen LogP contribution in [0.5, 0.6) is 0 Å². The average molecular weight is 539 g/mol. The van der Waals surface area contributed by atoms with Gasteiger partial charge >= 0.3 is 6.18 Å². The maximum absolute atomic E-state index is 14.3. The molecule has 2 N–H and O–H groups in total. The molecule has 0 unspecified atom stereocenters. The quantitative estimate of drug-likeness (QED) is 0.576. The van der Waals surface area contributed by atoms with Crippen molar-refractivity contribution in [2.45, 2.75) is 93.4 Å². The van der Waals surface area contributed by atoms with Gasteiger partial charge < -0.3 is 29.7 Å². The summed E-state index contributed by atoms with van der Waals surface area (Å²) in [7, 11) is 1.69. The molecular weight excluding hydrogens is 501 g/mol. The van der Waals surface area contributed by atoms with E-state index >= 15 is 0 Å². The van der Waals surface area contributed by atoms with Gasteiger partial charge in [0, 0.05) is 56.8 Å². The van der Waals surface area contributed by atoms with Crippen LogP contribution in [0.2, 0.25) is 0 Å². The standard InChI is InChI=1S/C27H37F3N4O4/c1-37-22-16-38-10-5-21(22)32-17-3-8-25(13-17,26(36)6-2-7-26)24(35)34-15-19-11-20(34)14-33(19)18-4-9-31-23(12-18)27(28,29)30/h4,9,12,17,19-22,32,36H,2-3,5-8,10-11,13-16H2,1H3/t17-,19+,20+,21+,22-,25-/m1/s1. The molecule has 3 saturated heterocycles. The number of hydrogen-bond donors (Lipinski definition) is 2. The Morgan fingerprint density at radius 1 is 1.24 bits per heavy atom. The molecule has 38 heavy (non-hydrogen) atoms. The zero-order chi connectivity index (χ0) is 26.7. The van der Waals surface area contributed by atoms with Crippen molar-refractivity contribution in [1.82, 2.24) is 15.2 Å². The zero-order valence-corrected chi connectivity index (χ0v) is 21.8. The zero-order valence-electron chi connectivity index (χ0n) is 21.8. The topological polar surface area (TPSA) is 87.2 Å². The maximum Gasteiger partial charge on any atom is 0.433 e. The molecule has 11 heteroatoms. The number of fused-ring (bicyclic) bond motifs is 2. The van der Waals surface area contributed by atoms with E-state index in [1.807, 2.05) is 9.80 Å². The van der Waals surface area contributed by atoms with Crippen LogP contribution in [0.1, 0.15) is 57.1 Å². The molecule has 6 rings (SSSR count). The van der Waals surface area contributed by atoms with Gasteiger partial charge in [-0.1, -0.05) is 0 Å². The van der Waals surface area contributed by atoms with E-state index in [2.05, 4.69) is 10.3 Å². The molecule has 1 aromatic rings. The minimum absolute atomic E-state index is 0.0251. The molecule has 1 amide bonds. The number of amides is 1. The number of ether oxygens (including phenoxy) is 2. The van der Waals surface area contributed by atoms with Crippen molar-refractivity contribution in [3.63, 3.8) is 0 Å². The van der Waals surface area contributed by atoms with Gasteiger partial charge in [-0.15, -0.1) is 0 Å². The van der Waals surface area contributed by atoms with Gasteiger partial charge in [0.25, 0.3) is 0 Å². The van der Waals surface area contributed by atoms with E-state index in [4.69, 9.17) is 9.47 Å². The van der Waals surface area contributed by atoms with Crippen LogP contribution >= 0.6 is 0 Å². The molecule has 0 aromatic carbocycles. The summed E-state index contributed by atoms with van der Waals surface area (Å²) in [6, 6.07) is 2.86. The van der Waals surface area contributed by atoms with Crippen molar-refractivity contribution in [2.24, 2.45) is 5.41 Å². The first kappa shape index (κ1) is 26.3. The Morgan fingerprint density at radius 3 is 2.71 bits per heavy atom. The molecule has 2 bridgehead atoms. The van der Waals surface area contributed by atoms with Crippen molar-refractivity contribution < 1.29 is 32.5 Å². The summed E-state index contributed by atoms with van der Waals surface area (Å²) >= 11 is 0. The predicted octanol–water partition coefficient (Wildman–Crippen LogP) is 2.74. The lowest BCUT2D eigenvalue weighted by atomic mass is 9.59. The number of piperazine rings is 1. The van der Waals surface area contributed by atoms with Gasteiger partial charge in [0.2, 0.25) is 5.91 Å². The monoisotopic (exact) mass is 538 g/mol. The third-order valence-electron chi connectivity index (χ3n) is 9.92. The van der Waals surface area contributed by atoms with Crippen LogP contribution in [0.15, 0.2) is 18.3 Å². The molecule has 0 radical (unpaired) electrons. The minimum Gasteiger partial charge on any atom is -0.389 e. The van der Waals surface area contributed by atoms with E-state index in [1.165, 1.54) is 6.20 Å². The second kappa shape index (κ2) is 9.60. The van der Waals surface area contributed by atoms with Gasteiger partial charge in [0.15, 0.2) is 0 Å². The molecular formula is C27H37F3N4O4. The van der Waals surface area contributed by atoms with E-state index in [9.17, 15) is 23.1 Å². The van der Waals surface area contributed by atoms with Gasteiger partial charge in [0.05, 0.1) is 29.8 Å². The minimum atomic E-state index is -4.50. The molecule has 210 valence electrons. The van der Waals surface area contributed by atoms with Crippen LogP contribution in [0.3, 0.4) is 0 Å². The number of aliphatic hydroxyl groups is 1. The van der Waals surface area contributed by atoms with Crippen LogP contribution in [0, 0.1) is 5.41 Å². The molecule has 5 aliphatic rings. The van der Waals surface area contributed by atoms with Crippen molar-refractivity contribution >= 4 is 11.6 Å². The Hall–Kier alpha value is -1.95. The van der Waals surface area contributed by atoms with Crippen LogP contribution < -0.4 is 10.2 Å². The molecule has 2 aliphatic carbocycles. The van der Waals surface area contributed by atoms with Crippen LogP contribution in [0.25, 0.3) is 0 Å². The first-order chi connectivity index (χ1) is 18.1. The Bertz CT molecular complexity index is 1050. The van der Waals surface area contributed by atoms with Gasteiger partial charge in [-0.3, -0.25) is 9.78 Å². The van der Waals surface area contributed by atoms with Crippen molar-refractivity contribution in [1.29, 1.82) is 0 Å². The first-order valence-corrected chi connectivity index (χ1v) is 13.8. The summed E-state index contributed by atoms with van der Waals surface area (Å²) in [4.78, 5) is 21.7. The van der Waals surface area contributed by atoms with E-state index in [-0.39, 0.29) is 36.2 Å². The lowest BCUT2D eigenvalue weighted by Gasteiger charge is -2.52. The molecule has 3 aliphatic heterocycles. The van der Waals surface area contributed by atoms with Crippen molar-refractivity contribution in [2.75, 3.05) is 38.3 Å². The average Bonchev–Trinajstić information content (AvgIpc) is 3.62. The van der Waals surface area contributed by atoms with Gasteiger partial charge in [-0.05, 0) is 63.5 Å². The van der Waals surface area contributed by atoms with E-state index in [1.54, 1.807) is 13.2 Å². The first-order valence-electron chi connectivity index (χ1n) is 13.8. The number of rotatable bonds is 6. The number of hydrogen-bond acceptors (Lipinski definition) is 7. The van der Waals surface area contributed by atoms with Crippen molar-refractivity contribution in [3.05, 3.63) is 24.0 Å². The number of halogens is 3. The van der Waals surface area contributed by atoms with E-state index in [0.717, 1.165) is 31.7 Å². The summed E-state index contributed by atoms with van der Waals surface area (Å²) in [6.07, 6.45) is 2.46. The molecule has 5 fully saturated rings. The Kier molecular flexibility index (Phi) is 6.64. The number of carbonyl (C=O) groups excluding carboxylic acids is 1. The molecule has 4 heterocycles. The second-order valence-electron chi connectivity index (χ2n) is 11.9. The summed E-state index contributed by atoms with van der Waals surface area (Å²) in [5.74, 6) is 0.0251. The summed E-state index contributed by atoms with van der Waals surface area (Å²) in [5, 5.41) is 15.4. The second-order valence-corrected chi connectivity index (χ2v) is 11.9. The molecule has 2 saturated carbocycles. The van der Waals surface area contributed by atoms with Gasteiger partial charge in [-0.25, -0.2) is 0 Å². The van der Waals surface area contributed by atoms with E-state index < -0.39 is 22.9 Å². The van der Waals surface area contributed by atoms with Gasteiger partial charge in [-0.2, -0.15) is 13.2 Å². The third kappa shape index (κ3) is 4.30. The molecule has 0 spiro atoms. The maximum atomic E-state index is 14.3. The fraction of sp³-hybridized carbons (Fsp3) is 0.778. The molecule has 8 nitrogen and oxygen atoms in total.